The van der Waals surface area contributed by atoms with E-state index in [0.717, 1.165) is 17.3 Å². The molecular formula is C19H14Cl2IN3O3S. The zero-order valence-corrected chi connectivity index (χ0v) is 19.4. The Morgan fingerprint density at radius 1 is 1.21 bits per heavy atom. The highest BCUT2D eigenvalue weighted by Gasteiger charge is 2.19. The topological polar surface area (TPSA) is 88.2 Å². The number of phenolic OH excluding ortho intramolecular Hbond substituents is 1. The molecule has 0 atom stereocenters. The van der Waals surface area contributed by atoms with Crippen LogP contribution < -0.4 is 0 Å². The summed E-state index contributed by atoms with van der Waals surface area (Å²) in [5.74, 6) is -0.576. The molecule has 2 N–H and O–H groups in total. The van der Waals surface area contributed by atoms with Gasteiger partial charge in [-0.2, -0.15) is 0 Å². The Hall–Kier alpha value is -1.75. The molecule has 29 heavy (non-hydrogen) atoms. The van der Waals surface area contributed by atoms with Gasteiger partial charge in [0, 0.05) is 27.7 Å². The van der Waals surface area contributed by atoms with Crippen molar-refractivity contribution in [3.63, 3.8) is 0 Å². The van der Waals surface area contributed by atoms with Crippen molar-refractivity contribution in [2.45, 2.75) is 18.6 Å². The van der Waals surface area contributed by atoms with Crippen molar-refractivity contribution in [2.24, 2.45) is 0 Å². The van der Waals surface area contributed by atoms with Crippen LogP contribution in [0.4, 0.5) is 0 Å². The summed E-state index contributed by atoms with van der Waals surface area (Å²) < 4.78 is 2.34. The van der Waals surface area contributed by atoms with E-state index in [-0.39, 0.29) is 10.7 Å². The second-order valence-electron chi connectivity index (χ2n) is 5.80. The van der Waals surface area contributed by atoms with E-state index < -0.39 is 5.97 Å². The number of benzene rings is 2. The lowest BCUT2D eigenvalue weighted by molar-refractivity contribution is -0.131. The van der Waals surface area contributed by atoms with Gasteiger partial charge in [-0.15, -0.1) is 10.2 Å². The van der Waals surface area contributed by atoms with Crippen molar-refractivity contribution in [3.8, 4) is 17.1 Å². The quantitative estimate of drug-likeness (QED) is 0.225. The van der Waals surface area contributed by atoms with Crippen LogP contribution in [-0.4, -0.2) is 30.9 Å². The minimum Gasteiger partial charge on any atom is -0.506 e. The van der Waals surface area contributed by atoms with Gasteiger partial charge >= 0.3 is 5.97 Å². The first-order valence-electron chi connectivity index (χ1n) is 8.30. The standard InChI is InChI=1S/C19H14Cl2IN3O3S/c1-2-25-17(10-3-5-12(20)6-4-10)23-24-19(25)29-15(18(27)28)8-11-7-13(21)9-14(22)16(11)26/h3-9,26H,2H2,1H3,(H,27,28)/b15-8-. The smallest absolute Gasteiger partial charge is 0.342 e. The van der Waals surface area contributed by atoms with Gasteiger partial charge < -0.3 is 14.8 Å². The van der Waals surface area contributed by atoms with Gasteiger partial charge in [0.2, 0.25) is 0 Å². The van der Waals surface area contributed by atoms with Gasteiger partial charge in [0.15, 0.2) is 11.0 Å². The molecule has 0 fully saturated rings. The molecule has 2 aromatic carbocycles. The van der Waals surface area contributed by atoms with Gasteiger partial charge in [-0.05, 0) is 83.8 Å². The molecule has 0 unspecified atom stereocenters. The van der Waals surface area contributed by atoms with E-state index in [1.807, 2.05) is 46.2 Å². The third-order valence-corrected chi connectivity index (χ3v) is 6.18. The third kappa shape index (κ3) is 5.06. The number of halogens is 3. The van der Waals surface area contributed by atoms with E-state index in [1.165, 1.54) is 12.1 Å². The number of hydrogen-bond donors (Lipinski definition) is 2. The monoisotopic (exact) mass is 561 g/mol. The van der Waals surface area contributed by atoms with Crippen LogP contribution in [0.2, 0.25) is 10.0 Å². The molecule has 1 aromatic heterocycles. The fourth-order valence-electron chi connectivity index (χ4n) is 2.53. The highest BCUT2D eigenvalue weighted by atomic mass is 127. The molecule has 0 radical (unpaired) electrons. The van der Waals surface area contributed by atoms with E-state index in [9.17, 15) is 15.0 Å². The van der Waals surface area contributed by atoms with Crippen LogP contribution in [0.25, 0.3) is 17.5 Å². The molecule has 0 aliphatic heterocycles. The Labute approximate surface area is 194 Å². The molecule has 6 nitrogen and oxygen atoms in total. The molecule has 0 amide bonds. The van der Waals surface area contributed by atoms with E-state index >= 15 is 0 Å². The van der Waals surface area contributed by atoms with Crippen molar-refractivity contribution < 1.29 is 15.0 Å². The lowest BCUT2D eigenvalue weighted by Gasteiger charge is -2.09. The zero-order chi connectivity index (χ0) is 21.1. The number of aromatic hydroxyl groups is 1. The van der Waals surface area contributed by atoms with Gasteiger partial charge in [-0.25, -0.2) is 4.79 Å². The summed E-state index contributed by atoms with van der Waals surface area (Å²) >= 11 is 14.9. The number of nitrogens with zero attached hydrogens (tertiary/aromatic N) is 3. The Kier molecular flexibility index (Phi) is 7.10. The maximum Gasteiger partial charge on any atom is 0.342 e. The first-order chi connectivity index (χ1) is 13.8. The molecule has 10 heteroatoms. The molecule has 3 aromatic rings. The third-order valence-electron chi connectivity index (χ3n) is 3.89. The summed E-state index contributed by atoms with van der Waals surface area (Å²) in [6, 6.07) is 10.3. The maximum absolute atomic E-state index is 11.8. The summed E-state index contributed by atoms with van der Waals surface area (Å²) in [5.41, 5.74) is 1.13. The molecule has 0 spiro atoms. The van der Waals surface area contributed by atoms with Crippen molar-refractivity contribution in [1.82, 2.24) is 14.8 Å². The largest absolute Gasteiger partial charge is 0.506 e. The van der Waals surface area contributed by atoms with Gasteiger partial charge in [0.05, 0.1) is 3.57 Å². The molecule has 0 saturated carbocycles. The summed E-state index contributed by atoms with van der Waals surface area (Å²) in [6.45, 7) is 2.46. The summed E-state index contributed by atoms with van der Waals surface area (Å²) in [5, 5.41) is 29.7. The van der Waals surface area contributed by atoms with Crippen LogP contribution >= 0.6 is 57.6 Å². The van der Waals surface area contributed by atoms with Crippen LogP contribution in [0.1, 0.15) is 12.5 Å². The van der Waals surface area contributed by atoms with Crippen LogP contribution in [0, 0.1) is 3.57 Å². The zero-order valence-electron chi connectivity index (χ0n) is 14.9. The molecular weight excluding hydrogens is 548 g/mol. The van der Waals surface area contributed by atoms with Crippen LogP contribution in [0.5, 0.6) is 5.75 Å². The van der Waals surface area contributed by atoms with E-state index in [0.29, 0.717) is 36.7 Å². The van der Waals surface area contributed by atoms with Gasteiger partial charge in [-0.3, -0.25) is 0 Å². The SMILES string of the molecule is CCn1c(S/C(=C\c2cc(Cl)cc(I)c2O)C(=O)O)nnc1-c1ccc(Cl)cc1. The normalized spacial score (nSPS) is 11.7. The predicted octanol–water partition coefficient (Wildman–Crippen LogP) is 5.80. The Balaban J connectivity index is 2.00. The van der Waals surface area contributed by atoms with Crippen molar-refractivity contribution >= 4 is 69.6 Å². The number of carbonyl (C=O) groups is 1. The fraction of sp³-hybridized carbons (Fsp3) is 0.105. The molecule has 1 heterocycles. The number of carboxylic acid groups (broad SMARTS) is 1. The number of thioether (sulfide) groups is 1. The van der Waals surface area contributed by atoms with Crippen molar-refractivity contribution in [1.29, 1.82) is 0 Å². The minimum atomic E-state index is -1.15. The van der Waals surface area contributed by atoms with Crippen LogP contribution in [0.3, 0.4) is 0 Å². The lowest BCUT2D eigenvalue weighted by atomic mass is 10.2. The summed E-state index contributed by atoms with van der Waals surface area (Å²) in [6.07, 6.45) is 1.37. The molecule has 3 rings (SSSR count). The van der Waals surface area contributed by atoms with Crippen LogP contribution in [-0.2, 0) is 11.3 Å². The highest BCUT2D eigenvalue weighted by molar-refractivity contribution is 14.1. The Morgan fingerprint density at radius 2 is 1.90 bits per heavy atom. The molecule has 0 aliphatic carbocycles. The lowest BCUT2D eigenvalue weighted by Crippen LogP contribution is -2.03. The minimum absolute atomic E-state index is 0.0249. The predicted molar refractivity (Wildman–Crippen MR) is 123 cm³/mol. The molecule has 0 aliphatic rings. The van der Waals surface area contributed by atoms with Gasteiger partial charge in [-0.1, -0.05) is 23.2 Å². The van der Waals surface area contributed by atoms with E-state index in [4.69, 9.17) is 23.2 Å². The Morgan fingerprint density at radius 3 is 2.52 bits per heavy atom. The molecule has 0 saturated heterocycles. The molecule has 0 bridgehead atoms. The molecule has 150 valence electrons. The second-order valence-corrected chi connectivity index (χ2v) is 8.84. The van der Waals surface area contributed by atoms with Crippen molar-refractivity contribution in [2.75, 3.05) is 0 Å². The number of carboxylic acids is 1. The average molecular weight is 562 g/mol. The van der Waals surface area contributed by atoms with Gasteiger partial charge in [0.25, 0.3) is 0 Å². The number of aromatic nitrogens is 3. The Bertz CT molecular complexity index is 1100. The first kappa shape index (κ1) is 21.9. The fourth-order valence-corrected chi connectivity index (χ4v) is 4.59. The number of hydrogen-bond acceptors (Lipinski definition) is 5. The average Bonchev–Trinajstić information content (AvgIpc) is 3.08. The van der Waals surface area contributed by atoms with Crippen molar-refractivity contribution in [3.05, 3.63) is 60.5 Å². The number of rotatable bonds is 6. The second kappa shape index (κ2) is 9.38. The first-order valence-corrected chi connectivity index (χ1v) is 10.9. The van der Waals surface area contributed by atoms with E-state index in [1.54, 1.807) is 18.2 Å². The maximum atomic E-state index is 11.8. The summed E-state index contributed by atoms with van der Waals surface area (Å²) in [7, 11) is 0. The van der Waals surface area contributed by atoms with E-state index in [2.05, 4.69) is 10.2 Å². The van der Waals surface area contributed by atoms with Gasteiger partial charge in [0.1, 0.15) is 10.7 Å². The summed E-state index contributed by atoms with van der Waals surface area (Å²) in [4.78, 5) is 11.8. The van der Waals surface area contributed by atoms with Crippen LogP contribution in [0.15, 0.2) is 46.5 Å². The highest BCUT2D eigenvalue weighted by Crippen LogP contribution is 2.34. The number of phenols is 1. The number of aliphatic carboxylic acids is 1.